The molecule has 1 aliphatic heterocycles. The molecule has 1 atom stereocenters. The Hall–Kier alpha value is -4.06. The highest BCUT2D eigenvalue weighted by atomic mass is 16.5. The second kappa shape index (κ2) is 8.47. The molecular weight excluding hydrogens is 418 g/mol. The SMILES string of the molecule is COc1ccc(/C(O)=C2/C(=O)C(=O)N(c3cc(C)ccc3O)C2c2cccc(C)c2)c(C)c1. The maximum atomic E-state index is 13.3. The van der Waals surface area contributed by atoms with E-state index in [0.717, 1.165) is 11.1 Å². The van der Waals surface area contributed by atoms with Gasteiger partial charge < -0.3 is 14.9 Å². The van der Waals surface area contributed by atoms with Gasteiger partial charge in [-0.05, 0) is 67.8 Å². The first kappa shape index (κ1) is 22.1. The molecule has 168 valence electrons. The summed E-state index contributed by atoms with van der Waals surface area (Å²) >= 11 is 0. The molecule has 0 bridgehead atoms. The van der Waals surface area contributed by atoms with Crippen LogP contribution in [-0.2, 0) is 9.59 Å². The van der Waals surface area contributed by atoms with E-state index in [4.69, 9.17) is 4.74 Å². The maximum absolute atomic E-state index is 13.3. The zero-order valence-electron chi connectivity index (χ0n) is 18.9. The van der Waals surface area contributed by atoms with Crippen molar-refractivity contribution in [1.82, 2.24) is 0 Å². The monoisotopic (exact) mass is 443 g/mol. The van der Waals surface area contributed by atoms with Gasteiger partial charge in [0.2, 0.25) is 0 Å². The van der Waals surface area contributed by atoms with E-state index in [0.29, 0.717) is 22.4 Å². The molecule has 3 aromatic rings. The van der Waals surface area contributed by atoms with E-state index in [2.05, 4.69) is 0 Å². The highest BCUT2D eigenvalue weighted by molar-refractivity contribution is 6.52. The summed E-state index contributed by atoms with van der Waals surface area (Å²) in [5.74, 6) is -1.40. The summed E-state index contributed by atoms with van der Waals surface area (Å²) in [6, 6.07) is 16.5. The molecule has 1 saturated heterocycles. The van der Waals surface area contributed by atoms with Crippen molar-refractivity contribution in [2.24, 2.45) is 0 Å². The molecule has 0 radical (unpaired) electrons. The summed E-state index contributed by atoms with van der Waals surface area (Å²) < 4.78 is 5.24. The number of hydrogen-bond acceptors (Lipinski definition) is 5. The normalized spacial score (nSPS) is 17.5. The number of ketones is 1. The Bertz CT molecular complexity index is 1310. The third-order valence-corrected chi connectivity index (χ3v) is 5.88. The second-order valence-electron chi connectivity index (χ2n) is 8.26. The predicted octanol–water partition coefficient (Wildman–Crippen LogP) is 4.95. The standard InChI is InChI=1S/C27H25NO5/c1-15-6-5-7-18(12-15)24-23(25(30)20-10-9-19(33-4)14-17(20)3)26(31)27(32)28(24)21-13-16(2)8-11-22(21)29/h5-14,24,29-30H,1-4H3/b25-23-. The van der Waals surface area contributed by atoms with Gasteiger partial charge in [0.15, 0.2) is 0 Å². The van der Waals surface area contributed by atoms with Crippen LogP contribution in [0.4, 0.5) is 5.69 Å². The van der Waals surface area contributed by atoms with Crippen molar-refractivity contribution < 1.29 is 24.5 Å². The molecule has 1 fully saturated rings. The number of aliphatic hydroxyl groups is 1. The van der Waals surface area contributed by atoms with E-state index in [1.54, 1.807) is 50.4 Å². The molecule has 6 nitrogen and oxygen atoms in total. The topological polar surface area (TPSA) is 87.1 Å². The zero-order chi connectivity index (χ0) is 23.9. The fourth-order valence-corrected chi connectivity index (χ4v) is 4.24. The number of carbonyl (C=O) groups excluding carboxylic acids is 2. The van der Waals surface area contributed by atoms with Crippen molar-refractivity contribution in [3.05, 3.63) is 94.1 Å². The van der Waals surface area contributed by atoms with E-state index >= 15 is 0 Å². The first-order chi connectivity index (χ1) is 15.7. The van der Waals surface area contributed by atoms with Crippen molar-refractivity contribution in [3.8, 4) is 11.5 Å². The Morgan fingerprint density at radius 1 is 0.939 bits per heavy atom. The van der Waals surface area contributed by atoms with Gasteiger partial charge in [-0.1, -0.05) is 35.9 Å². The molecule has 4 rings (SSSR count). The molecule has 1 unspecified atom stereocenters. The van der Waals surface area contributed by atoms with Gasteiger partial charge in [-0.2, -0.15) is 0 Å². The van der Waals surface area contributed by atoms with Crippen LogP contribution in [0.5, 0.6) is 11.5 Å². The molecule has 33 heavy (non-hydrogen) atoms. The number of phenols is 1. The second-order valence-corrected chi connectivity index (χ2v) is 8.26. The van der Waals surface area contributed by atoms with Gasteiger partial charge in [0.25, 0.3) is 11.7 Å². The molecule has 0 aromatic heterocycles. The lowest BCUT2D eigenvalue weighted by Crippen LogP contribution is -2.29. The number of phenolic OH excluding ortho intramolecular Hbond substituents is 1. The summed E-state index contributed by atoms with van der Waals surface area (Å²) in [7, 11) is 1.55. The van der Waals surface area contributed by atoms with E-state index < -0.39 is 17.7 Å². The van der Waals surface area contributed by atoms with Crippen LogP contribution in [0.3, 0.4) is 0 Å². The average molecular weight is 443 g/mol. The molecule has 0 aliphatic carbocycles. The third kappa shape index (κ3) is 3.84. The number of benzene rings is 3. The summed E-state index contributed by atoms with van der Waals surface area (Å²) in [4.78, 5) is 27.8. The minimum Gasteiger partial charge on any atom is -0.507 e. The van der Waals surface area contributed by atoms with Crippen molar-refractivity contribution in [1.29, 1.82) is 0 Å². The molecule has 3 aromatic carbocycles. The van der Waals surface area contributed by atoms with Crippen molar-refractivity contribution >= 4 is 23.1 Å². The molecule has 6 heteroatoms. The number of amides is 1. The summed E-state index contributed by atoms with van der Waals surface area (Å²) in [5, 5.41) is 21.9. The highest BCUT2D eigenvalue weighted by Gasteiger charge is 2.47. The Labute approximate surface area is 192 Å². The van der Waals surface area contributed by atoms with Gasteiger partial charge in [-0.15, -0.1) is 0 Å². The predicted molar refractivity (Wildman–Crippen MR) is 127 cm³/mol. The fraction of sp³-hybridized carbons (Fsp3) is 0.185. The van der Waals surface area contributed by atoms with Crippen LogP contribution in [0.2, 0.25) is 0 Å². The Balaban J connectivity index is 1.99. The quantitative estimate of drug-likeness (QED) is 0.338. The number of anilines is 1. The van der Waals surface area contributed by atoms with Crippen molar-refractivity contribution in [3.63, 3.8) is 0 Å². The molecule has 1 aliphatic rings. The number of aromatic hydroxyl groups is 1. The Morgan fingerprint density at radius 2 is 1.67 bits per heavy atom. The van der Waals surface area contributed by atoms with Crippen LogP contribution < -0.4 is 9.64 Å². The summed E-state index contributed by atoms with van der Waals surface area (Å²) in [5.41, 5.74) is 3.72. The lowest BCUT2D eigenvalue weighted by molar-refractivity contribution is -0.132. The van der Waals surface area contributed by atoms with Gasteiger partial charge >= 0.3 is 0 Å². The van der Waals surface area contributed by atoms with Crippen LogP contribution in [-0.4, -0.2) is 29.0 Å². The van der Waals surface area contributed by atoms with Crippen LogP contribution in [0.15, 0.2) is 66.2 Å². The van der Waals surface area contributed by atoms with Gasteiger partial charge in [0.1, 0.15) is 17.3 Å². The average Bonchev–Trinajstić information content (AvgIpc) is 3.05. The van der Waals surface area contributed by atoms with E-state index in [-0.39, 0.29) is 22.8 Å². The number of rotatable bonds is 4. The van der Waals surface area contributed by atoms with Gasteiger partial charge in [-0.3, -0.25) is 14.5 Å². The van der Waals surface area contributed by atoms with E-state index in [1.807, 2.05) is 32.0 Å². The number of nitrogens with zero attached hydrogens (tertiary/aromatic N) is 1. The largest absolute Gasteiger partial charge is 0.507 e. The minimum absolute atomic E-state index is 0.0280. The number of aliphatic hydroxyl groups excluding tert-OH is 1. The maximum Gasteiger partial charge on any atom is 0.300 e. The molecule has 1 amide bonds. The molecule has 2 N–H and O–H groups in total. The van der Waals surface area contributed by atoms with Crippen LogP contribution in [0.25, 0.3) is 5.76 Å². The fourth-order valence-electron chi connectivity index (χ4n) is 4.24. The van der Waals surface area contributed by atoms with E-state index in [9.17, 15) is 19.8 Å². The smallest absolute Gasteiger partial charge is 0.300 e. The van der Waals surface area contributed by atoms with Gasteiger partial charge in [0.05, 0.1) is 24.4 Å². The number of hydrogen-bond donors (Lipinski definition) is 2. The summed E-state index contributed by atoms with van der Waals surface area (Å²) in [6.07, 6.45) is 0. The number of carbonyl (C=O) groups is 2. The number of ether oxygens (including phenoxy) is 1. The summed E-state index contributed by atoms with van der Waals surface area (Å²) in [6.45, 7) is 5.54. The molecule has 1 heterocycles. The number of methoxy groups -OCH3 is 1. The molecule has 0 spiro atoms. The van der Waals surface area contributed by atoms with Crippen LogP contribution >= 0.6 is 0 Å². The lowest BCUT2D eigenvalue weighted by atomic mass is 9.93. The highest BCUT2D eigenvalue weighted by Crippen LogP contribution is 2.45. The Kier molecular flexibility index (Phi) is 5.68. The van der Waals surface area contributed by atoms with Crippen molar-refractivity contribution in [2.75, 3.05) is 12.0 Å². The third-order valence-electron chi connectivity index (χ3n) is 5.88. The Morgan fingerprint density at radius 3 is 2.33 bits per heavy atom. The van der Waals surface area contributed by atoms with Crippen LogP contribution in [0.1, 0.15) is 33.9 Å². The molecular formula is C27H25NO5. The zero-order valence-corrected chi connectivity index (χ0v) is 18.9. The van der Waals surface area contributed by atoms with Gasteiger partial charge in [0, 0.05) is 5.56 Å². The number of aryl methyl sites for hydroxylation is 3. The molecule has 0 saturated carbocycles. The lowest BCUT2D eigenvalue weighted by Gasteiger charge is -2.26. The first-order valence-corrected chi connectivity index (χ1v) is 10.5. The van der Waals surface area contributed by atoms with Crippen molar-refractivity contribution in [2.45, 2.75) is 26.8 Å². The minimum atomic E-state index is -0.904. The number of Topliss-reactive ketones (excluding diaryl/α,β-unsaturated/α-hetero) is 1. The van der Waals surface area contributed by atoms with Gasteiger partial charge in [-0.25, -0.2) is 0 Å². The van der Waals surface area contributed by atoms with Crippen LogP contribution in [0, 0.1) is 20.8 Å². The first-order valence-electron chi connectivity index (χ1n) is 10.5. The van der Waals surface area contributed by atoms with E-state index in [1.165, 1.54) is 11.0 Å².